The number of carboxylic acids is 1. The van der Waals surface area contributed by atoms with Gasteiger partial charge >= 0.3 is 5.97 Å². The van der Waals surface area contributed by atoms with Crippen molar-refractivity contribution in [3.8, 4) is 5.75 Å². The van der Waals surface area contributed by atoms with Gasteiger partial charge in [0.15, 0.2) is 0 Å². The first-order valence-electron chi connectivity index (χ1n) is 11.1. The number of piperazine rings is 1. The molecule has 0 bridgehead atoms. The molecule has 3 rings (SSSR count). The second-order valence-electron chi connectivity index (χ2n) is 7.82. The number of rotatable bonds is 9. The van der Waals surface area contributed by atoms with E-state index >= 15 is 0 Å². The number of allylic oxidation sites excluding steroid dienone is 2. The zero-order valence-electron chi connectivity index (χ0n) is 19.1. The van der Waals surface area contributed by atoms with Crippen LogP contribution in [0, 0.1) is 0 Å². The molecular formula is C23H32N4O5S. The maximum atomic E-state index is 12.3. The number of aliphatic carboxylic acids is 1. The molecule has 0 radical (unpaired) electrons. The van der Waals surface area contributed by atoms with Gasteiger partial charge < -0.3 is 24.9 Å². The molecule has 33 heavy (non-hydrogen) atoms. The highest BCUT2D eigenvalue weighted by Gasteiger charge is 2.27. The lowest BCUT2D eigenvalue weighted by molar-refractivity contribution is -0.140. The Morgan fingerprint density at radius 2 is 1.82 bits per heavy atom. The summed E-state index contributed by atoms with van der Waals surface area (Å²) in [6, 6.07) is 8.04. The number of likely N-dealkylation sites (tertiary alicyclic amines) is 1. The first kappa shape index (κ1) is 25.1. The number of hydrogen-bond donors (Lipinski definition) is 2. The van der Waals surface area contributed by atoms with Crippen LogP contribution in [0.15, 0.2) is 47.7 Å². The number of nitrogens with zero attached hydrogens (tertiary/aromatic N) is 4. The van der Waals surface area contributed by atoms with Gasteiger partial charge in [-0.3, -0.25) is 9.59 Å². The van der Waals surface area contributed by atoms with Crippen LogP contribution in [-0.2, 0) is 9.59 Å². The van der Waals surface area contributed by atoms with E-state index in [1.165, 1.54) is 16.6 Å². The average Bonchev–Trinajstić information content (AvgIpc) is 3.25. The van der Waals surface area contributed by atoms with E-state index < -0.39 is 5.97 Å². The van der Waals surface area contributed by atoms with E-state index in [0.29, 0.717) is 19.5 Å². The van der Waals surface area contributed by atoms with E-state index in [0.717, 1.165) is 48.9 Å². The smallest absolute Gasteiger partial charge is 0.303 e. The Bertz CT molecular complexity index is 881. The van der Waals surface area contributed by atoms with Crippen molar-refractivity contribution >= 4 is 29.7 Å². The van der Waals surface area contributed by atoms with Crippen molar-refractivity contribution in [2.75, 3.05) is 51.3 Å². The lowest BCUT2D eigenvalue weighted by atomic mass is 10.1. The number of carbonyl (C=O) groups excluding carboxylic acids is 1. The van der Waals surface area contributed by atoms with E-state index in [1.54, 1.807) is 12.0 Å². The molecule has 10 heteroatoms. The first-order valence-corrected chi connectivity index (χ1v) is 11.8. The molecule has 0 atom stereocenters. The third-order valence-corrected chi connectivity index (χ3v) is 6.67. The summed E-state index contributed by atoms with van der Waals surface area (Å²) < 4.78 is 8.55. The van der Waals surface area contributed by atoms with Crippen molar-refractivity contribution in [1.29, 1.82) is 0 Å². The normalized spacial score (nSPS) is 19.6. The minimum Gasteiger partial charge on any atom is -0.497 e. The Labute approximate surface area is 199 Å². The van der Waals surface area contributed by atoms with Crippen LogP contribution in [0.2, 0.25) is 0 Å². The molecule has 2 aliphatic heterocycles. The summed E-state index contributed by atoms with van der Waals surface area (Å²) >= 11 is 1.30. The summed E-state index contributed by atoms with van der Waals surface area (Å²) in [5, 5.41) is 19.2. The number of benzene rings is 1. The maximum Gasteiger partial charge on any atom is 0.303 e. The molecule has 0 aliphatic carbocycles. The molecule has 0 aromatic heterocycles. The molecule has 9 nitrogen and oxygen atoms in total. The van der Waals surface area contributed by atoms with Gasteiger partial charge in [0.25, 0.3) is 0 Å². The van der Waals surface area contributed by atoms with Gasteiger partial charge in [-0.2, -0.15) is 0 Å². The highest BCUT2D eigenvalue weighted by atomic mass is 32.2. The van der Waals surface area contributed by atoms with Crippen molar-refractivity contribution in [2.24, 2.45) is 0 Å². The topological polar surface area (TPSA) is 96.8 Å². The predicted molar refractivity (Wildman–Crippen MR) is 128 cm³/mol. The summed E-state index contributed by atoms with van der Waals surface area (Å²) in [6.07, 6.45) is 4.31. The fraction of sp³-hybridized carbons (Fsp3) is 0.478. The number of hydrogen-bond acceptors (Lipinski definition) is 8. The van der Waals surface area contributed by atoms with Crippen molar-refractivity contribution in [3.63, 3.8) is 0 Å². The standard InChI is InChI=1S/C23H32N4O5S/c1-3-21-18(10-12-26(21)22(28)8-9-23(29)30)11-13-27(31)33-25-16-14-24(15-17-25)19-4-6-20(32-2)7-5-19/h3-7,11,31H,8-10,12-17H2,1-2H3,(H,29,30)/b18-11-,21-3+. The third kappa shape index (κ3) is 6.97. The number of amides is 1. The van der Waals surface area contributed by atoms with Gasteiger partial charge in [-0.25, -0.2) is 4.31 Å². The molecule has 0 saturated carbocycles. The summed E-state index contributed by atoms with van der Waals surface area (Å²) in [6.45, 7) is 6.09. The molecule has 2 fully saturated rings. The van der Waals surface area contributed by atoms with Crippen molar-refractivity contribution < 1.29 is 24.6 Å². The molecule has 1 aromatic carbocycles. The van der Waals surface area contributed by atoms with Gasteiger partial charge in [-0.05, 0) is 43.2 Å². The number of ether oxygens (including phenoxy) is 1. The summed E-state index contributed by atoms with van der Waals surface area (Å²) in [7, 11) is 1.66. The molecule has 1 amide bonds. The minimum atomic E-state index is -0.974. The zero-order valence-corrected chi connectivity index (χ0v) is 20.0. The highest BCUT2D eigenvalue weighted by Crippen LogP contribution is 2.29. The van der Waals surface area contributed by atoms with E-state index in [-0.39, 0.29) is 18.7 Å². The Morgan fingerprint density at radius 3 is 2.42 bits per heavy atom. The average molecular weight is 477 g/mol. The van der Waals surface area contributed by atoms with Gasteiger partial charge in [0.1, 0.15) is 5.75 Å². The molecule has 2 N–H and O–H groups in total. The van der Waals surface area contributed by atoms with Gasteiger partial charge in [0.05, 0.1) is 20.1 Å². The SMILES string of the molecule is C/C=C1\C(=C/CN(O)SN2CCN(c3ccc(OC)cc3)CC2)CCN1C(=O)CCC(=O)O. The van der Waals surface area contributed by atoms with Crippen molar-refractivity contribution in [2.45, 2.75) is 26.2 Å². The number of carboxylic acid groups (broad SMARTS) is 1. The summed E-state index contributed by atoms with van der Waals surface area (Å²) in [5.74, 6) is -0.314. The second-order valence-corrected chi connectivity index (χ2v) is 8.92. The van der Waals surface area contributed by atoms with Crippen LogP contribution in [0.1, 0.15) is 26.2 Å². The number of carbonyl (C=O) groups is 2. The van der Waals surface area contributed by atoms with Crippen LogP contribution in [-0.4, -0.2) is 82.2 Å². The van der Waals surface area contributed by atoms with Crippen LogP contribution in [0.3, 0.4) is 0 Å². The van der Waals surface area contributed by atoms with Crippen LogP contribution < -0.4 is 9.64 Å². The van der Waals surface area contributed by atoms with Gasteiger partial charge in [-0.1, -0.05) is 12.2 Å². The van der Waals surface area contributed by atoms with Crippen LogP contribution in [0.4, 0.5) is 5.69 Å². The van der Waals surface area contributed by atoms with Gasteiger partial charge in [0.2, 0.25) is 5.91 Å². The Kier molecular flexibility index (Phi) is 9.19. The predicted octanol–water partition coefficient (Wildman–Crippen LogP) is 3.00. The Morgan fingerprint density at radius 1 is 1.12 bits per heavy atom. The van der Waals surface area contributed by atoms with Crippen LogP contribution in [0.5, 0.6) is 5.75 Å². The van der Waals surface area contributed by atoms with Crippen LogP contribution in [0.25, 0.3) is 0 Å². The largest absolute Gasteiger partial charge is 0.497 e. The molecule has 0 unspecified atom stereocenters. The highest BCUT2D eigenvalue weighted by molar-refractivity contribution is 7.94. The third-order valence-electron chi connectivity index (χ3n) is 5.73. The minimum absolute atomic E-state index is 0.00949. The summed E-state index contributed by atoms with van der Waals surface area (Å²) in [4.78, 5) is 27.0. The molecule has 2 heterocycles. The van der Waals surface area contributed by atoms with Crippen LogP contribution >= 0.6 is 12.1 Å². The quantitative estimate of drug-likeness (QED) is 0.412. The fourth-order valence-electron chi connectivity index (χ4n) is 3.99. The van der Waals surface area contributed by atoms with Crippen molar-refractivity contribution in [1.82, 2.24) is 13.7 Å². The molecule has 0 spiro atoms. The Balaban J connectivity index is 1.45. The second kappa shape index (κ2) is 12.1. The van der Waals surface area contributed by atoms with Gasteiger partial charge in [0, 0.05) is 62.7 Å². The summed E-state index contributed by atoms with van der Waals surface area (Å²) in [5.41, 5.74) is 2.95. The lowest BCUT2D eigenvalue weighted by Crippen LogP contribution is -2.44. The Hall–Kier alpha value is -2.53. The first-order chi connectivity index (χ1) is 15.9. The molecule has 180 valence electrons. The van der Waals surface area contributed by atoms with E-state index in [2.05, 4.69) is 21.3 Å². The van der Waals surface area contributed by atoms with E-state index in [9.17, 15) is 14.8 Å². The van der Waals surface area contributed by atoms with Gasteiger partial charge in [-0.15, -0.1) is 4.47 Å². The molecule has 1 aromatic rings. The maximum absolute atomic E-state index is 12.3. The number of hydroxylamine groups is 1. The van der Waals surface area contributed by atoms with E-state index in [4.69, 9.17) is 9.84 Å². The lowest BCUT2D eigenvalue weighted by Gasteiger charge is -2.36. The zero-order chi connectivity index (χ0) is 23.8. The number of anilines is 1. The molecular weight excluding hydrogens is 444 g/mol. The van der Waals surface area contributed by atoms with E-state index in [1.807, 2.05) is 31.2 Å². The fourth-order valence-corrected chi connectivity index (χ4v) is 4.72. The van der Waals surface area contributed by atoms with Crippen molar-refractivity contribution in [3.05, 3.63) is 47.7 Å². The number of methoxy groups -OCH3 is 1. The monoisotopic (exact) mass is 476 g/mol. The molecule has 2 saturated heterocycles. The molecule has 2 aliphatic rings.